The SMILES string of the molecule is O=c1c2c(n3nnn1c3=O)N=N2. The first-order valence-corrected chi connectivity index (χ1v) is 3.05. The number of aromatic nitrogens is 4. The molecule has 0 atom stereocenters. The van der Waals surface area contributed by atoms with Gasteiger partial charge in [-0.25, -0.2) is 4.79 Å². The molecule has 2 bridgehead atoms. The zero-order valence-electron chi connectivity index (χ0n) is 5.50. The molecule has 3 heterocycles. The standard InChI is InChI=1S/C4N6O2/c11-3-1-2(6-5-1)9-4(12)10(3)8-7-9. The van der Waals surface area contributed by atoms with Crippen LogP contribution in [0.2, 0.25) is 0 Å². The Hall–Kier alpha value is -2.12. The second-order valence-electron chi connectivity index (χ2n) is 2.26. The molecular weight excluding hydrogens is 164 g/mol. The topological polar surface area (TPSA) is 93.5 Å². The second kappa shape index (κ2) is 1.40. The molecule has 0 amide bonds. The third kappa shape index (κ3) is 0.367. The Bertz CT molecular complexity index is 606. The first kappa shape index (κ1) is 5.52. The number of nitrogens with zero attached hydrogens (tertiary/aromatic N) is 6. The molecule has 12 heavy (non-hydrogen) atoms. The van der Waals surface area contributed by atoms with Crippen molar-refractivity contribution >= 4 is 11.5 Å². The first-order valence-electron chi connectivity index (χ1n) is 3.05. The molecule has 58 valence electrons. The third-order valence-electron chi connectivity index (χ3n) is 1.63. The summed E-state index contributed by atoms with van der Waals surface area (Å²) in [6.45, 7) is 0. The number of tetrazole rings is 1. The van der Waals surface area contributed by atoms with Crippen LogP contribution in [0.1, 0.15) is 0 Å². The Labute approximate surface area is 63.1 Å². The van der Waals surface area contributed by atoms with Gasteiger partial charge < -0.3 is 0 Å². The van der Waals surface area contributed by atoms with Crippen molar-refractivity contribution in [2.24, 2.45) is 10.2 Å². The number of azo groups is 1. The predicted octanol–water partition coefficient (Wildman–Crippen LogP) is -1.28. The van der Waals surface area contributed by atoms with Crippen molar-refractivity contribution in [3.8, 4) is 0 Å². The number of rotatable bonds is 0. The van der Waals surface area contributed by atoms with Gasteiger partial charge in [0.2, 0.25) is 5.82 Å². The summed E-state index contributed by atoms with van der Waals surface area (Å²) in [5.74, 6) is 0.183. The van der Waals surface area contributed by atoms with Crippen LogP contribution in [0.3, 0.4) is 0 Å². The molecule has 0 aliphatic carbocycles. The Morgan fingerprint density at radius 3 is 2.42 bits per heavy atom. The maximum absolute atomic E-state index is 11.2. The summed E-state index contributed by atoms with van der Waals surface area (Å²) in [6, 6.07) is 0. The summed E-state index contributed by atoms with van der Waals surface area (Å²) < 4.78 is 1.58. The molecule has 0 aromatic carbocycles. The molecule has 0 unspecified atom stereocenters. The smallest absolute Gasteiger partial charge is 0.264 e. The highest BCUT2D eigenvalue weighted by Crippen LogP contribution is 2.30. The van der Waals surface area contributed by atoms with Gasteiger partial charge in [0.25, 0.3) is 0 Å². The Balaban J connectivity index is 2.83. The number of fused-ring (bicyclic) bond motifs is 4. The first-order chi connectivity index (χ1) is 5.79. The molecule has 3 rings (SSSR count). The summed E-state index contributed by atoms with van der Waals surface area (Å²) in [7, 11) is 0. The van der Waals surface area contributed by atoms with Gasteiger partial charge >= 0.3 is 11.2 Å². The van der Waals surface area contributed by atoms with Gasteiger partial charge in [0, 0.05) is 0 Å². The Kier molecular flexibility index (Phi) is 0.642. The second-order valence-corrected chi connectivity index (χ2v) is 2.26. The molecule has 0 saturated carbocycles. The highest BCUT2D eigenvalue weighted by atomic mass is 16.2. The molecule has 0 N–H and O–H groups in total. The van der Waals surface area contributed by atoms with E-state index in [2.05, 4.69) is 20.7 Å². The summed E-state index contributed by atoms with van der Waals surface area (Å²) in [5.41, 5.74) is -1.03. The van der Waals surface area contributed by atoms with E-state index in [4.69, 9.17) is 0 Å². The van der Waals surface area contributed by atoms with E-state index in [9.17, 15) is 9.59 Å². The summed E-state index contributed by atoms with van der Waals surface area (Å²) in [5, 5.41) is 13.7. The summed E-state index contributed by atoms with van der Waals surface area (Å²) in [6.07, 6.45) is 0. The van der Waals surface area contributed by atoms with Crippen molar-refractivity contribution in [2.45, 2.75) is 0 Å². The monoisotopic (exact) mass is 164 g/mol. The van der Waals surface area contributed by atoms with Crippen LogP contribution in [0, 0.1) is 0 Å². The largest absolute Gasteiger partial charge is 0.377 e. The van der Waals surface area contributed by atoms with E-state index in [1.165, 1.54) is 0 Å². The van der Waals surface area contributed by atoms with Crippen LogP contribution < -0.4 is 11.2 Å². The van der Waals surface area contributed by atoms with Crippen molar-refractivity contribution in [2.75, 3.05) is 0 Å². The number of hydrogen-bond donors (Lipinski definition) is 0. The molecule has 2 aromatic heterocycles. The van der Waals surface area contributed by atoms with E-state index in [0.717, 1.165) is 4.52 Å². The zero-order chi connectivity index (χ0) is 8.29. The van der Waals surface area contributed by atoms with Crippen molar-refractivity contribution < 1.29 is 0 Å². The molecule has 0 saturated heterocycles. The maximum Gasteiger partial charge on any atom is 0.377 e. The fourth-order valence-corrected chi connectivity index (χ4v) is 1.03. The van der Waals surface area contributed by atoms with Crippen LogP contribution >= 0.6 is 0 Å². The van der Waals surface area contributed by atoms with Crippen molar-refractivity contribution in [3.05, 3.63) is 20.8 Å². The van der Waals surface area contributed by atoms with Gasteiger partial charge in [-0.1, -0.05) is 0 Å². The van der Waals surface area contributed by atoms with E-state index in [1.807, 2.05) is 0 Å². The maximum atomic E-state index is 11.2. The van der Waals surface area contributed by atoms with Gasteiger partial charge in [-0.3, -0.25) is 4.79 Å². The highest BCUT2D eigenvalue weighted by molar-refractivity contribution is 5.59. The fourth-order valence-electron chi connectivity index (χ4n) is 1.03. The van der Waals surface area contributed by atoms with E-state index in [1.54, 1.807) is 0 Å². The minimum atomic E-state index is -0.600. The van der Waals surface area contributed by atoms with Gasteiger partial charge in [0.05, 0.1) is 0 Å². The quantitative estimate of drug-likeness (QED) is 0.413. The van der Waals surface area contributed by atoms with E-state index in [-0.39, 0.29) is 11.5 Å². The lowest BCUT2D eigenvalue weighted by Crippen LogP contribution is -2.30. The van der Waals surface area contributed by atoms with Crippen LogP contribution in [-0.2, 0) is 0 Å². The Morgan fingerprint density at radius 1 is 1.00 bits per heavy atom. The molecule has 8 nitrogen and oxygen atoms in total. The fraction of sp³-hybridized carbons (Fsp3) is 0. The van der Waals surface area contributed by atoms with Crippen LogP contribution in [0.4, 0.5) is 11.5 Å². The van der Waals surface area contributed by atoms with Crippen molar-refractivity contribution in [1.82, 2.24) is 19.5 Å². The Morgan fingerprint density at radius 2 is 1.75 bits per heavy atom. The summed E-state index contributed by atoms with van der Waals surface area (Å²) in [4.78, 5) is 22.3. The van der Waals surface area contributed by atoms with Gasteiger partial charge in [-0.2, -0.15) is 0 Å². The zero-order valence-corrected chi connectivity index (χ0v) is 5.50. The average Bonchev–Trinajstić information content (AvgIpc) is 2.26. The third-order valence-corrected chi connectivity index (χ3v) is 1.63. The minimum Gasteiger partial charge on any atom is -0.264 e. The summed E-state index contributed by atoms with van der Waals surface area (Å²) >= 11 is 0. The van der Waals surface area contributed by atoms with Gasteiger partial charge in [0.1, 0.15) is 0 Å². The molecule has 2 aromatic rings. The van der Waals surface area contributed by atoms with Crippen LogP contribution in [0.5, 0.6) is 0 Å². The lowest BCUT2D eigenvalue weighted by atomic mass is 10.4. The molecule has 1 aliphatic rings. The van der Waals surface area contributed by atoms with Crippen molar-refractivity contribution in [1.29, 1.82) is 0 Å². The van der Waals surface area contributed by atoms with Crippen molar-refractivity contribution in [3.63, 3.8) is 0 Å². The van der Waals surface area contributed by atoms with Crippen LogP contribution in [0.15, 0.2) is 19.8 Å². The molecule has 1 aliphatic heterocycles. The van der Waals surface area contributed by atoms with Gasteiger partial charge in [-0.05, 0) is 10.4 Å². The molecule has 8 heteroatoms. The van der Waals surface area contributed by atoms with Gasteiger partial charge in [-0.15, -0.1) is 19.3 Å². The van der Waals surface area contributed by atoms with Crippen LogP contribution in [-0.4, -0.2) is 19.5 Å². The predicted molar refractivity (Wildman–Crippen MR) is 34.3 cm³/mol. The van der Waals surface area contributed by atoms with E-state index < -0.39 is 11.2 Å². The molecule has 0 fully saturated rings. The molecular formula is C4N6O2. The highest BCUT2D eigenvalue weighted by Gasteiger charge is 2.24. The van der Waals surface area contributed by atoms with E-state index in [0.29, 0.717) is 4.52 Å². The van der Waals surface area contributed by atoms with Gasteiger partial charge in [0.15, 0.2) is 5.69 Å². The lowest BCUT2D eigenvalue weighted by molar-refractivity contribution is 0.791. The molecule has 0 radical (unpaired) electrons. The molecule has 0 spiro atoms. The minimum absolute atomic E-state index is 0.139. The normalized spacial score (nSPS) is 13.3. The van der Waals surface area contributed by atoms with E-state index >= 15 is 0 Å². The lowest BCUT2D eigenvalue weighted by Gasteiger charge is -2.02. The van der Waals surface area contributed by atoms with Crippen LogP contribution in [0.25, 0.3) is 0 Å². The average molecular weight is 164 g/mol. The number of hydrogen-bond acceptors (Lipinski definition) is 6.